The predicted molar refractivity (Wildman–Crippen MR) is 64.5 cm³/mol. The van der Waals surface area contributed by atoms with E-state index >= 15 is 0 Å². The van der Waals surface area contributed by atoms with Crippen LogP contribution in [0.4, 0.5) is 5.69 Å². The van der Waals surface area contributed by atoms with Gasteiger partial charge in [-0.1, -0.05) is 5.16 Å². The van der Waals surface area contributed by atoms with Gasteiger partial charge >= 0.3 is 0 Å². The summed E-state index contributed by atoms with van der Waals surface area (Å²) in [7, 11) is 0. The van der Waals surface area contributed by atoms with Crippen molar-refractivity contribution in [2.45, 2.75) is 13.5 Å². The number of amides is 1. The van der Waals surface area contributed by atoms with Gasteiger partial charge in [0.15, 0.2) is 5.76 Å². The van der Waals surface area contributed by atoms with Gasteiger partial charge in [-0.05, 0) is 19.1 Å². The number of anilines is 1. The third-order valence-corrected chi connectivity index (χ3v) is 2.26. The first kappa shape index (κ1) is 12.1. The summed E-state index contributed by atoms with van der Waals surface area (Å²) in [5.74, 6) is 5.54. The number of hydrazine groups is 1. The fourth-order valence-electron chi connectivity index (χ4n) is 1.40. The van der Waals surface area contributed by atoms with Gasteiger partial charge in [-0.25, -0.2) is 0 Å². The second kappa shape index (κ2) is 5.28. The van der Waals surface area contributed by atoms with Crippen molar-refractivity contribution >= 4 is 11.6 Å². The molecule has 0 aliphatic carbocycles. The summed E-state index contributed by atoms with van der Waals surface area (Å²) < 4.78 is 4.98. The van der Waals surface area contributed by atoms with Crippen molar-refractivity contribution < 1.29 is 9.32 Å². The summed E-state index contributed by atoms with van der Waals surface area (Å²) in [5, 5.41) is 6.40. The summed E-state index contributed by atoms with van der Waals surface area (Å²) in [4.78, 5) is 15.7. The maximum Gasteiger partial charge on any atom is 0.270 e. The van der Waals surface area contributed by atoms with E-state index < -0.39 is 0 Å². The summed E-state index contributed by atoms with van der Waals surface area (Å²) in [5.41, 5.74) is 4.12. The van der Waals surface area contributed by atoms with Gasteiger partial charge in [-0.2, -0.15) is 0 Å². The van der Waals surface area contributed by atoms with Gasteiger partial charge in [0.2, 0.25) is 0 Å². The van der Waals surface area contributed by atoms with E-state index in [2.05, 4.69) is 20.9 Å². The maximum absolute atomic E-state index is 11.8. The van der Waals surface area contributed by atoms with Crippen LogP contribution in [0.15, 0.2) is 28.9 Å². The van der Waals surface area contributed by atoms with Crippen molar-refractivity contribution in [2.75, 3.05) is 5.43 Å². The Balaban J connectivity index is 1.99. The zero-order valence-corrected chi connectivity index (χ0v) is 9.80. The summed E-state index contributed by atoms with van der Waals surface area (Å²) >= 11 is 0. The molecule has 0 saturated carbocycles. The van der Waals surface area contributed by atoms with Crippen LogP contribution in [0.3, 0.4) is 0 Å². The molecule has 18 heavy (non-hydrogen) atoms. The number of carbonyl (C=O) groups excluding carboxylic acids is 1. The highest BCUT2D eigenvalue weighted by Gasteiger charge is 2.09. The Morgan fingerprint density at radius 2 is 2.33 bits per heavy atom. The van der Waals surface area contributed by atoms with E-state index in [0.717, 1.165) is 5.69 Å². The number of hydrogen-bond donors (Lipinski definition) is 3. The number of pyridine rings is 1. The van der Waals surface area contributed by atoms with E-state index in [9.17, 15) is 4.79 Å². The molecule has 0 unspecified atom stereocenters. The second-order valence-corrected chi connectivity index (χ2v) is 3.69. The highest BCUT2D eigenvalue weighted by molar-refractivity contribution is 5.92. The fraction of sp³-hybridized carbons (Fsp3) is 0.182. The molecule has 94 valence electrons. The fourth-order valence-corrected chi connectivity index (χ4v) is 1.40. The molecule has 1 amide bonds. The van der Waals surface area contributed by atoms with Crippen LogP contribution in [0.1, 0.15) is 21.9 Å². The number of carbonyl (C=O) groups is 1. The molecule has 7 heteroatoms. The summed E-state index contributed by atoms with van der Waals surface area (Å²) in [6.07, 6.45) is 1.50. The Labute approximate surface area is 103 Å². The molecule has 2 aromatic rings. The zero-order valence-electron chi connectivity index (χ0n) is 9.80. The van der Waals surface area contributed by atoms with Crippen LogP contribution in [0, 0.1) is 6.92 Å². The molecule has 2 rings (SSSR count). The lowest BCUT2D eigenvalue weighted by Crippen LogP contribution is -2.23. The molecule has 0 spiro atoms. The molecule has 0 radical (unpaired) electrons. The standard InChI is InChI=1S/C11H13N5O2/c1-7-4-9(18-16-7)6-14-11(17)10-5-8(15-12)2-3-13-10/h2-5H,6,12H2,1H3,(H,13,15)(H,14,17). The van der Waals surface area contributed by atoms with Gasteiger partial charge < -0.3 is 15.3 Å². The van der Waals surface area contributed by atoms with E-state index in [1.165, 1.54) is 6.20 Å². The molecule has 2 aromatic heterocycles. The minimum atomic E-state index is -0.304. The third kappa shape index (κ3) is 2.83. The number of nitrogens with zero attached hydrogens (tertiary/aromatic N) is 2. The van der Waals surface area contributed by atoms with Crippen molar-refractivity contribution in [2.24, 2.45) is 5.84 Å². The van der Waals surface area contributed by atoms with Crippen molar-refractivity contribution in [3.05, 3.63) is 41.5 Å². The topological polar surface area (TPSA) is 106 Å². The molecule has 0 aliphatic rings. The van der Waals surface area contributed by atoms with E-state index in [1.54, 1.807) is 18.2 Å². The number of nitrogen functional groups attached to an aromatic ring is 1. The Morgan fingerprint density at radius 3 is 3.00 bits per heavy atom. The van der Waals surface area contributed by atoms with E-state index in [0.29, 0.717) is 11.4 Å². The van der Waals surface area contributed by atoms with Gasteiger partial charge in [-0.15, -0.1) is 0 Å². The lowest BCUT2D eigenvalue weighted by molar-refractivity contribution is 0.0942. The molecule has 0 atom stereocenters. The third-order valence-electron chi connectivity index (χ3n) is 2.26. The highest BCUT2D eigenvalue weighted by atomic mass is 16.5. The number of rotatable bonds is 4. The molecule has 4 N–H and O–H groups in total. The Morgan fingerprint density at radius 1 is 1.50 bits per heavy atom. The minimum absolute atomic E-state index is 0.266. The molecule has 0 aliphatic heterocycles. The number of aromatic nitrogens is 2. The van der Waals surface area contributed by atoms with Gasteiger partial charge in [0.25, 0.3) is 5.91 Å². The van der Waals surface area contributed by atoms with E-state index in [4.69, 9.17) is 10.4 Å². The SMILES string of the molecule is Cc1cc(CNC(=O)c2cc(NN)ccn2)on1. The molecule has 7 nitrogen and oxygen atoms in total. The van der Waals surface area contributed by atoms with Crippen LogP contribution in [-0.4, -0.2) is 16.0 Å². The van der Waals surface area contributed by atoms with Crippen molar-refractivity contribution in [1.82, 2.24) is 15.5 Å². The van der Waals surface area contributed by atoms with Gasteiger partial charge in [0.1, 0.15) is 5.69 Å². The predicted octanol–water partition coefficient (Wildman–Crippen LogP) is 0.594. The van der Waals surface area contributed by atoms with Gasteiger partial charge in [-0.3, -0.25) is 15.6 Å². The molecular weight excluding hydrogens is 234 g/mol. The quantitative estimate of drug-likeness (QED) is 0.539. The van der Waals surface area contributed by atoms with Gasteiger partial charge in [0.05, 0.1) is 17.9 Å². The maximum atomic E-state index is 11.8. The Kier molecular flexibility index (Phi) is 3.54. The average Bonchev–Trinajstić information content (AvgIpc) is 2.82. The van der Waals surface area contributed by atoms with Gasteiger partial charge in [0, 0.05) is 12.3 Å². The number of nitrogens with two attached hydrogens (primary N) is 1. The Bertz CT molecular complexity index is 552. The first-order chi connectivity index (χ1) is 8.69. The van der Waals surface area contributed by atoms with Crippen LogP contribution < -0.4 is 16.6 Å². The normalized spacial score (nSPS) is 10.1. The van der Waals surface area contributed by atoms with Crippen LogP contribution >= 0.6 is 0 Å². The molecular formula is C11H13N5O2. The van der Waals surface area contributed by atoms with Crippen molar-refractivity contribution in [3.63, 3.8) is 0 Å². The lowest BCUT2D eigenvalue weighted by atomic mass is 10.3. The van der Waals surface area contributed by atoms with E-state index in [1.807, 2.05) is 6.92 Å². The van der Waals surface area contributed by atoms with Crippen LogP contribution in [0.25, 0.3) is 0 Å². The zero-order chi connectivity index (χ0) is 13.0. The van der Waals surface area contributed by atoms with Crippen LogP contribution in [-0.2, 0) is 6.54 Å². The smallest absolute Gasteiger partial charge is 0.270 e. The largest absolute Gasteiger partial charge is 0.359 e. The first-order valence-electron chi connectivity index (χ1n) is 5.32. The van der Waals surface area contributed by atoms with Crippen molar-refractivity contribution in [1.29, 1.82) is 0 Å². The molecule has 0 fully saturated rings. The van der Waals surface area contributed by atoms with Crippen molar-refractivity contribution in [3.8, 4) is 0 Å². The number of hydrogen-bond acceptors (Lipinski definition) is 6. The lowest BCUT2D eigenvalue weighted by Gasteiger charge is -2.04. The van der Waals surface area contributed by atoms with Crippen LogP contribution in [0.2, 0.25) is 0 Å². The van der Waals surface area contributed by atoms with Crippen LogP contribution in [0.5, 0.6) is 0 Å². The molecule has 2 heterocycles. The highest BCUT2D eigenvalue weighted by Crippen LogP contribution is 2.06. The number of nitrogens with one attached hydrogen (secondary N) is 2. The minimum Gasteiger partial charge on any atom is -0.359 e. The van der Waals surface area contributed by atoms with E-state index in [-0.39, 0.29) is 18.1 Å². The Hall–Kier alpha value is -2.41. The monoisotopic (exact) mass is 247 g/mol. The number of aryl methyl sites for hydroxylation is 1. The first-order valence-corrected chi connectivity index (χ1v) is 5.32. The summed E-state index contributed by atoms with van der Waals surface area (Å²) in [6.45, 7) is 2.08. The second-order valence-electron chi connectivity index (χ2n) is 3.69. The molecule has 0 bridgehead atoms. The molecule has 0 saturated heterocycles. The summed E-state index contributed by atoms with van der Waals surface area (Å²) in [6, 6.07) is 4.98. The average molecular weight is 247 g/mol. The molecule has 0 aromatic carbocycles.